The molecule has 0 aliphatic carbocycles. The van der Waals surface area contributed by atoms with Crippen LogP contribution in [0.4, 0.5) is 0 Å². The molecule has 2 aliphatic rings. The van der Waals surface area contributed by atoms with Gasteiger partial charge in [0.05, 0.1) is 11.6 Å². The smallest absolute Gasteiger partial charge is 0.255 e. The minimum atomic E-state index is 0.0260. The Bertz CT molecular complexity index is 818. The van der Waals surface area contributed by atoms with Gasteiger partial charge >= 0.3 is 0 Å². The Morgan fingerprint density at radius 3 is 2.58 bits per heavy atom. The molecule has 2 aliphatic heterocycles. The van der Waals surface area contributed by atoms with Gasteiger partial charge in [-0.2, -0.15) is 0 Å². The average Bonchev–Trinajstić information content (AvgIpc) is 3.19. The van der Waals surface area contributed by atoms with Crippen molar-refractivity contribution in [2.75, 3.05) is 39.8 Å². The van der Waals surface area contributed by atoms with E-state index in [0.717, 1.165) is 48.0 Å². The normalized spacial score (nSPS) is 22.0. The van der Waals surface area contributed by atoms with E-state index in [4.69, 9.17) is 0 Å². The maximum absolute atomic E-state index is 13.0. The summed E-state index contributed by atoms with van der Waals surface area (Å²) in [6.07, 6.45) is 2.89. The topological polar surface area (TPSA) is 43.9 Å². The third kappa shape index (κ3) is 3.23. The molecule has 4 rings (SSSR count). The zero-order valence-corrected chi connectivity index (χ0v) is 16.0. The van der Waals surface area contributed by atoms with Gasteiger partial charge in [-0.3, -0.25) is 14.5 Å². The molecule has 0 saturated carbocycles. The van der Waals surface area contributed by atoms with Crippen LogP contribution < -0.4 is 0 Å². The third-order valence-corrected chi connectivity index (χ3v) is 6.58. The highest BCUT2D eigenvalue weighted by Crippen LogP contribution is 2.27. The largest absolute Gasteiger partial charge is 0.339 e. The van der Waals surface area contributed by atoms with Crippen molar-refractivity contribution in [3.05, 3.63) is 35.2 Å². The molecule has 0 N–H and O–H groups in total. The first-order valence-corrected chi connectivity index (χ1v) is 10.3. The SMILES string of the molecule is CN1CCC[C@@H]1C(=O)N1CCCN(C(=O)c2csc3ccccc23)CC1. The Morgan fingerprint density at radius 2 is 1.77 bits per heavy atom. The first kappa shape index (κ1) is 17.5. The Kier molecular flexibility index (Phi) is 4.96. The summed E-state index contributed by atoms with van der Waals surface area (Å²) >= 11 is 1.62. The molecule has 1 aromatic carbocycles. The molecule has 2 fully saturated rings. The van der Waals surface area contributed by atoms with E-state index in [-0.39, 0.29) is 17.9 Å². The van der Waals surface area contributed by atoms with Crippen LogP contribution in [0.5, 0.6) is 0 Å². The second kappa shape index (κ2) is 7.37. The lowest BCUT2D eigenvalue weighted by Gasteiger charge is -2.27. The van der Waals surface area contributed by atoms with Crippen LogP contribution in [0, 0.1) is 0 Å². The number of likely N-dealkylation sites (tertiary alicyclic amines) is 1. The van der Waals surface area contributed by atoms with E-state index < -0.39 is 0 Å². The van der Waals surface area contributed by atoms with E-state index in [9.17, 15) is 9.59 Å². The summed E-state index contributed by atoms with van der Waals surface area (Å²) in [5.41, 5.74) is 0.793. The van der Waals surface area contributed by atoms with Crippen molar-refractivity contribution in [1.82, 2.24) is 14.7 Å². The number of rotatable bonds is 2. The molecular formula is C20H25N3O2S. The maximum Gasteiger partial charge on any atom is 0.255 e. The summed E-state index contributed by atoms with van der Waals surface area (Å²) in [4.78, 5) is 31.9. The van der Waals surface area contributed by atoms with Crippen molar-refractivity contribution >= 4 is 33.2 Å². The molecule has 26 heavy (non-hydrogen) atoms. The monoisotopic (exact) mass is 371 g/mol. The van der Waals surface area contributed by atoms with Crippen LogP contribution >= 0.6 is 11.3 Å². The zero-order valence-electron chi connectivity index (χ0n) is 15.2. The Hall–Kier alpha value is -1.92. The Morgan fingerprint density at radius 1 is 1.00 bits per heavy atom. The highest BCUT2D eigenvalue weighted by atomic mass is 32.1. The second-order valence-electron chi connectivity index (χ2n) is 7.26. The molecule has 1 aromatic heterocycles. The van der Waals surface area contributed by atoms with Gasteiger partial charge < -0.3 is 9.80 Å². The lowest BCUT2D eigenvalue weighted by Crippen LogP contribution is -2.45. The van der Waals surface area contributed by atoms with Crippen LogP contribution in [0.25, 0.3) is 10.1 Å². The van der Waals surface area contributed by atoms with E-state index in [1.165, 1.54) is 0 Å². The summed E-state index contributed by atoms with van der Waals surface area (Å²) in [6.45, 7) is 3.72. The van der Waals surface area contributed by atoms with E-state index in [1.54, 1.807) is 11.3 Å². The molecular weight excluding hydrogens is 346 g/mol. The summed E-state index contributed by atoms with van der Waals surface area (Å²) in [7, 11) is 2.03. The molecule has 5 nitrogen and oxygen atoms in total. The minimum Gasteiger partial charge on any atom is -0.339 e. The van der Waals surface area contributed by atoms with Crippen LogP contribution in [0.2, 0.25) is 0 Å². The predicted molar refractivity (Wildman–Crippen MR) is 105 cm³/mol. The third-order valence-electron chi connectivity index (χ3n) is 5.61. The number of likely N-dealkylation sites (N-methyl/N-ethyl adjacent to an activating group) is 1. The van der Waals surface area contributed by atoms with Crippen molar-refractivity contribution < 1.29 is 9.59 Å². The Balaban J connectivity index is 1.45. The van der Waals surface area contributed by atoms with Crippen LogP contribution in [-0.2, 0) is 4.79 Å². The highest BCUT2D eigenvalue weighted by molar-refractivity contribution is 7.17. The summed E-state index contributed by atoms with van der Waals surface area (Å²) in [5.74, 6) is 0.329. The average molecular weight is 372 g/mol. The van der Waals surface area contributed by atoms with E-state index in [0.29, 0.717) is 19.6 Å². The van der Waals surface area contributed by atoms with Gasteiger partial charge in [-0.15, -0.1) is 11.3 Å². The second-order valence-corrected chi connectivity index (χ2v) is 8.17. The van der Waals surface area contributed by atoms with Gasteiger partial charge in [0.15, 0.2) is 0 Å². The number of hydrogen-bond acceptors (Lipinski definition) is 4. The van der Waals surface area contributed by atoms with Crippen LogP contribution in [0.1, 0.15) is 29.6 Å². The fourth-order valence-corrected chi connectivity index (χ4v) is 5.02. The van der Waals surface area contributed by atoms with Gasteiger partial charge in [0.2, 0.25) is 5.91 Å². The molecule has 138 valence electrons. The van der Waals surface area contributed by atoms with Crippen molar-refractivity contribution in [3.63, 3.8) is 0 Å². The molecule has 3 heterocycles. The zero-order chi connectivity index (χ0) is 18.1. The molecule has 0 bridgehead atoms. The van der Waals surface area contributed by atoms with Crippen LogP contribution in [0.3, 0.4) is 0 Å². The van der Waals surface area contributed by atoms with Gasteiger partial charge in [-0.25, -0.2) is 0 Å². The van der Waals surface area contributed by atoms with Gasteiger partial charge in [0.1, 0.15) is 0 Å². The van der Waals surface area contributed by atoms with Gasteiger partial charge in [0.25, 0.3) is 5.91 Å². The first-order chi connectivity index (χ1) is 12.6. The van der Waals surface area contributed by atoms with Gasteiger partial charge in [-0.05, 0) is 38.9 Å². The highest BCUT2D eigenvalue weighted by Gasteiger charge is 2.32. The molecule has 1 atom stereocenters. The maximum atomic E-state index is 13.0. The van der Waals surface area contributed by atoms with Crippen LogP contribution in [0.15, 0.2) is 29.6 Å². The minimum absolute atomic E-state index is 0.0260. The first-order valence-electron chi connectivity index (χ1n) is 9.39. The number of hydrogen-bond donors (Lipinski definition) is 0. The van der Waals surface area contributed by atoms with Crippen molar-refractivity contribution in [2.24, 2.45) is 0 Å². The standard InChI is InChI=1S/C20H25N3O2S/c1-21-9-4-7-17(21)20(25)23-11-5-10-22(12-13-23)19(24)16-14-26-18-8-3-2-6-15(16)18/h2-3,6,8,14,17H,4-5,7,9-13H2,1H3/t17-/m1/s1. The quantitative estimate of drug-likeness (QED) is 0.815. The number of carbonyl (C=O) groups is 2. The summed E-state index contributed by atoms with van der Waals surface area (Å²) in [6, 6.07) is 8.08. The lowest BCUT2D eigenvalue weighted by atomic mass is 10.1. The Labute approximate surface area is 158 Å². The fourth-order valence-electron chi connectivity index (χ4n) is 4.09. The number of fused-ring (bicyclic) bond motifs is 1. The number of nitrogens with zero attached hydrogens (tertiary/aromatic N) is 3. The summed E-state index contributed by atoms with van der Waals surface area (Å²) < 4.78 is 1.15. The number of benzene rings is 1. The lowest BCUT2D eigenvalue weighted by molar-refractivity contribution is -0.135. The molecule has 0 radical (unpaired) electrons. The van der Waals surface area contributed by atoms with Crippen molar-refractivity contribution in [1.29, 1.82) is 0 Å². The number of carbonyl (C=O) groups excluding carboxylic acids is 2. The number of thiophene rings is 1. The summed E-state index contributed by atoms with van der Waals surface area (Å²) in [5, 5.41) is 3.00. The molecule has 2 aromatic rings. The van der Waals surface area contributed by atoms with E-state index >= 15 is 0 Å². The molecule has 2 amide bonds. The van der Waals surface area contributed by atoms with Gasteiger partial charge in [0, 0.05) is 41.6 Å². The van der Waals surface area contributed by atoms with E-state index in [2.05, 4.69) is 11.0 Å². The predicted octanol–water partition coefficient (Wildman–Crippen LogP) is 2.67. The van der Waals surface area contributed by atoms with Crippen molar-refractivity contribution in [3.8, 4) is 0 Å². The van der Waals surface area contributed by atoms with Crippen molar-refractivity contribution in [2.45, 2.75) is 25.3 Å². The molecule has 6 heteroatoms. The van der Waals surface area contributed by atoms with Gasteiger partial charge in [-0.1, -0.05) is 18.2 Å². The number of amides is 2. The molecule has 2 saturated heterocycles. The van der Waals surface area contributed by atoms with Crippen LogP contribution in [-0.4, -0.2) is 72.3 Å². The van der Waals surface area contributed by atoms with E-state index in [1.807, 2.05) is 40.4 Å². The molecule has 0 unspecified atom stereocenters. The molecule has 0 spiro atoms. The fraction of sp³-hybridized carbons (Fsp3) is 0.500.